The third-order valence-electron chi connectivity index (χ3n) is 3.80. The van der Waals surface area contributed by atoms with Gasteiger partial charge in [0.05, 0.1) is 0 Å². The standard InChI is InChI=1S/C22H22N2O2/c1-17(2)23-21-10-6-7-15-24(21)22(25)19-13-11-18(12-14-19)16-26-20-8-4-3-5-9-20/h3-15,17H,16H2,1-2H3. The fourth-order valence-corrected chi connectivity index (χ4v) is 2.54. The second-order valence-electron chi connectivity index (χ2n) is 6.26. The van der Waals surface area contributed by atoms with Crippen molar-refractivity contribution >= 4 is 5.91 Å². The van der Waals surface area contributed by atoms with Crippen LogP contribution in [0.2, 0.25) is 0 Å². The van der Waals surface area contributed by atoms with Crippen LogP contribution in [0.3, 0.4) is 0 Å². The van der Waals surface area contributed by atoms with Crippen molar-refractivity contribution in [1.82, 2.24) is 4.57 Å². The molecule has 0 aliphatic heterocycles. The molecule has 0 atom stereocenters. The average Bonchev–Trinajstić information content (AvgIpc) is 2.67. The van der Waals surface area contributed by atoms with Crippen LogP contribution in [-0.2, 0) is 6.61 Å². The zero-order valence-electron chi connectivity index (χ0n) is 15.0. The summed E-state index contributed by atoms with van der Waals surface area (Å²) in [5.41, 5.74) is 2.28. The van der Waals surface area contributed by atoms with Crippen molar-refractivity contribution in [2.45, 2.75) is 26.5 Å². The Morgan fingerprint density at radius 1 is 0.962 bits per heavy atom. The molecule has 2 aromatic carbocycles. The van der Waals surface area contributed by atoms with Gasteiger partial charge in [0, 0.05) is 17.8 Å². The third-order valence-corrected chi connectivity index (χ3v) is 3.80. The van der Waals surface area contributed by atoms with Gasteiger partial charge in [0.15, 0.2) is 0 Å². The van der Waals surface area contributed by atoms with Crippen LogP contribution in [0.4, 0.5) is 0 Å². The zero-order valence-corrected chi connectivity index (χ0v) is 15.0. The number of para-hydroxylation sites is 1. The van der Waals surface area contributed by atoms with Gasteiger partial charge in [0.25, 0.3) is 5.91 Å². The zero-order chi connectivity index (χ0) is 18.4. The lowest BCUT2D eigenvalue weighted by Crippen LogP contribution is -2.28. The molecule has 0 spiro atoms. The van der Waals surface area contributed by atoms with E-state index in [0.717, 1.165) is 11.3 Å². The van der Waals surface area contributed by atoms with Crippen LogP contribution in [0, 0.1) is 0 Å². The van der Waals surface area contributed by atoms with Gasteiger partial charge in [-0.25, -0.2) is 0 Å². The molecule has 4 nitrogen and oxygen atoms in total. The highest BCUT2D eigenvalue weighted by atomic mass is 16.5. The molecule has 0 aliphatic rings. The molecule has 0 radical (unpaired) electrons. The first-order valence-corrected chi connectivity index (χ1v) is 8.66. The van der Waals surface area contributed by atoms with E-state index in [9.17, 15) is 4.79 Å². The van der Waals surface area contributed by atoms with Crippen molar-refractivity contribution in [3.05, 3.63) is 95.6 Å². The molecular weight excluding hydrogens is 324 g/mol. The van der Waals surface area contributed by atoms with Crippen LogP contribution in [0.5, 0.6) is 5.75 Å². The van der Waals surface area contributed by atoms with E-state index in [1.54, 1.807) is 10.8 Å². The Balaban J connectivity index is 1.76. The van der Waals surface area contributed by atoms with E-state index >= 15 is 0 Å². The minimum Gasteiger partial charge on any atom is -0.489 e. The Morgan fingerprint density at radius 3 is 2.35 bits per heavy atom. The predicted octanol–water partition coefficient (Wildman–Crippen LogP) is 4.06. The Morgan fingerprint density at radius 2 is 1.65 bits per heavy atom. The van der Waals surface area contributed by atoms with Crippen LogP contribution >= 0.6 is 0 Å². The van der Waals surface area contributed by atoms with Gasteiger partial charge < -0.3 is 4.74 Å². The molecule has 0 fully saturated rings. The van der Waals surface area contributed by atoms with Crippen LogP contribution in [0.1, 0.15) is 29.8 Å². The van der Waals surface area contributed by atoms with Crippen LogP contribution in [-0.4, -0.2) is 16.5 Å². The van der Waals surface area contributed by atoms with E-state index in [-0.39, 0.29) is 11.9 Å². The molecule has 0 amide bonds. The van der Waals surface area contributed by atoms with Crippen molar-refractivity contribution < 1.29 is 9.53 Å². The highest BCUT2D eigenvalue weighted by molar-refractivity contribution is 5.95. The summed E-state index contributed by atoms with van der Waals surface area (Å²) in [5.74, 6) is 0.730. The second-order valence-corrected chi connectivity index (χ2v) is 6.26. The monoisotopic (exact) mass is 346 g/mol. The van der Waals surface area contributed by atoms with Crippen LogP contribution < -0.4 is 10.2 Å². The van der Waals surface area contributed by atoms with E-state index in [1.165, 1.54) is 0 Å². The first-order chi connectivity index (χ1) is 12.6. The minimum absolute atomic E-state index is 0.0967. The maximum Gasteiger partial charge on any atom is 0.263 e. The Labute approximate surface area is 153 Å². The number of hydrogen-bond donors (Lipinski definition) is 0. The Hall–Kier alpha value is -3.14. The number of aromatic nitrogens is 1. The molecule has 26 heavy (non-hydrogen) atoms. The van der Waals surface area contributed by atoms with Crippen molar-refractivity contribution in [1.29, 1.82) is 0 Å². The van der Waals surface area contributed by atoms with Gasteiger partial charge in [-0.3, -0.25) is 14.4 Å². The molecule has 3 rings (SSSR count). The van der Waals surface area contributed by atoms with Gasteiger partial charge in [-0.2, -0.15) is 0 Å². The van der Waals surface area contributed by atoms with Gasteiger partial charge in [0.1, 0.15) is 17.8 Å². The molecule has 0 bridgehead atoms. The highest BCUT2D eigenvalue weighted by Gasteiger charge is 2.09. The molecular formula is C22H22N2O2. The summed E-state index contributed by atoms with van der Waals surface area (Å²) in [7, 11) is 0. The average molecular weight is 346 g/mol. The van der Waals surface area contributed by atoms with Gasteiger partial charge in [0.2, 0.25) is 0 Å². The number of ether oxygens (including phenoxy) is 1. The maximum atomic E-state index is 12.8. The van der Waals surface area contributed by atoms with E-state index in [1.807, 2.05) is 86.6 Å². The Bertz CT molecular complexity index is 926. The van der Waals surface area contributed by atoms with E-state index < -0.39 is 0 Å². The van der Waals surface area contributed by atoms with Gasteiger partial charge in [-0.1, -0.05) is 36.4 Å². The molecule has 3 aromatic rings. The summed E-state index contributed by atoms with van der Waals surface area (Å²) in [4.78, 5) is 17.3. The van der Waals surface area contributed by atoms with Crippen molar-refractivity contribution in [2.75, 3.05) is 0 Å². The number of benzene rings is 2. The highest BCUT2D eigenvalue weighted by Crippen LogP contribution is 2.12. The number of hydrogen-bond acceptors (Lipinski definition) is 3. The third kappa shape index (κ3) is 4.48. The predicted molar refractivity (Wildman–Crippen MR) is 102 cm³/mol. The van der Waals surface area contributed by atoms with Gasteiger partial charge in [-0.15, -0.1) is 0 Å². The summed E-state index contributed by atoms with van der Waals surface area (Å²) < 4.78 is 7.31. The number of rotatable bonds is 5. The smallest absolute Gasteiger partial charge is 0.263 e. The lowest BCUT2D eigenvalue weighted by molar-refractivity contribution is 0.0954. The van der Waals surface area contributed by atoms with Crippen molar-refractivity contribution in [2.24, 2.45) is 4.99 Å². The summed E-state index contributed by atoms with van der Waals surface area (Å²) in [5, 5.41) is 0. The molecule has 1 aromatic heterocycles. The molecule has 1 heterocycles. The normalized spacial score (nSPS) is 11.6. The summed E-state index contributed by atoms with van der Waals surface area (Å²) in [6.07, 6.45) is 1.75. The SMILES string of the molecule is CC(C)N=c1ccccn1C(=O)c1ccc(COc2ccccc2)cc1. The number of nitrogens with zero attached hydrogens (tertiary/aromatic N) is 2. The molecule has 132 valence electrons. The summed E-state index contributed by atoms with van der Waals surface area (Å²) in [6, 6.07) is 22.8. The lowest BCUT2D eigenvalue weighted by Gasteiger charge is -2.09. The Kier molecular flexibility index (Phi) is 5.64. The summed E-state index contributed by atoms with van der Waals surface area (Å²) >= 11 is 0. The van der Waals surface area contributed by atoms with Crippen molar-refractivity contribution in [3.63, 3.8) is 0 Å². The van der Waals surface area contributed by atoms with E-state index in [0.29, 0.717) is 17.7 Å². The van der Waals surface area contributed by atoms with Crippen LogP contribution in [0.25, 0.3) is 0 Å². The molecule has 0 unspecified atom stereocenters. The van der Waals surface area contributed by atoms with Crippen LogP contribution in [0.15, 0.2) is 84.0 Å². The van der Waals surface area contributed by atoms with Crippen molar-refractivity contribution in [3.8, 4) is 5.75 Å². The maximum absolute atomic E-state index is 12.8. The topological polar surface area (TPSA) is 43.6 Å². The van der Waals surface area contributed by atoms with Gasteiger partial charge in [-0.05, 0) is 55.8 Å². The fourth-order valence-electron chi connectivity index (χ4n) is 2.54. The minimum atomic E-state index is -0.0967. The lowest BCUT2D eigenvalue weighted by atomic mass is 10.1. The molecule has 4 heteroatoms. The largest absolute Gasteiger partial charge is 0.489 e. The quantitative estimate of drug-likeness (QED) is 0.699. The second kappa shape index (κ2) is 8.30. The van der Waals surface area contributed by atoms with E-state index in [2.05, 4.69) is 4.99 Å². The number of carbonyl (C=O) groups excluding carboxylic acids is 1. The fraction of sp³-hybridized carbons (Fsp3) is 0.182. The molecule has 0 saturated carbocycles. The first-order valence-electron chi connectivity index (χ1n) is 8.66. The first kappa shape index (κ1) is 17.7. The molecule has 0 N–H and O–H groups in total. The molecule has 0 aliphatic carbocycles. The number of pyridine rings is 1. The van der Waals surface area contributed by atoms with Gasteiger partial charge >= 0.3 is 0 Å². The molecule has 0 saturated heterocycles. The summed E-state index contributed by atoms with van der Waals surface area (Å²) in [6.45, 7) is 4.44. The number of carbonyl (C=O) groups is 1. The van der Waals surface area contributed by atoms with E-state index in [4.69, 9.17) is 4.74 Å².